The lowest BCUT2D eigenvalue weighted by molar-refractivity contribution is -0.385. The molecule has 0 N–H and O–H groups in total. The van der Waals surface area contributed by atoms with Crippen molar-refractivity contribution in [3.05, 3.63) is 39.4 Å². The Kier molecular flexibility index (Phi) is 4.43. The van der Waals surface area contributed by atoms with Crippen molar-refractivity contribution in [3.8, 4) is 0 Å². The van der Waals surface area contributed by atoms with Gasteiger partial charge < -0.3 is 4.74 Å². The van der Waals surface area contributed by atoms with E-state index in [1.165, 1.54) is 25.3 Å². The highest BCUT2D eigenvalue weighted by atomic mass is 79.9. The zero-order chi connectivity index (χ0) is 12.3. The van der Waals surface area contributed by atoms with Crippen molar-refractivity contribution in [1.29, 1.82) is 0 Å². The van der Waals surface area contributed by atoms with Gasteiger partial charge in [0.2, 0.25) is 0 Å². The maximum atomic E-state index is 11.2. The van der Waals surface area contributed by atoms with Gasteiger partial charge in [0.15, 0.2) is 0 Å². The van der Waals surface area contributed by atoms with Gasteiger partial charge in [-0.25, -0.2) is 4.79 Å². The number of hydrogen-bond acceptors (Lipinski definition) is 4. The molecule has 1 aromatic rings. The first-order valence-corrected chi connectivity index (χ1v) is 5.95. The molecule has 0 aliphatic carbocycles. The zero-order valence-corrected chi connectivity index (χ0v) is 11.3. The molecule has 0 aliphatic rings. The summed E-state index contributed by atoms with van der Waals surface area (Å²) in [4.78, 5) is 21.5. The zero-order valence-electron chi connectivity index (χ0n) is 8.15. The monoisotopic (exact) mass is 351 g/mol. The molecule has 16 heavy (non-hydrogen) atoms. The minimum Gasteiger partial charge on any atom is -0.465 e. The predicted octanol–water partition coefficient (Wildman–Crippen LogP) is 3.17. The fourth-order valence-corrected chi connectivity index (χ4v) is 1.87. The van der Waals surface area contributed by atoms with Crippen molar-refractivity contribution < 1.29 is 14.5 Å². The van der Waals surface area contributed by atoms with Crippen molar-refractivity contribution >= 4 is 43.5 Å². The molecular formula is C9H7Br2NO4. The van der Waals surface area contributed by atoms with Gasteiger partial charge in [0.1, 0.15) is 3.74 Å². The first-order valence-electron chi connectivity index (χ1n) is 4.12. The molecule has 0 heterocycles. The largest absolute Gasteiger partial charge is 0.465 e. The maximum Gasteiger partial charge on any atom is 0.337 e. The van der Waals surface area contributed by atoms with Crippen LogP contribution in [0.5, 0.6) is 0 Å². The molecule has 0 radical (unpaired) electrons. The van der Waals surface area contributed by atoms with Crippen LogP contribution in [0.2, 0.25) is 0 Å². The Morgan fingerprint density at radius 3 is 2.56 bits per heavy atom. The van der Waals surface area contributed by atoms with Crippen LogP contribution in [0, 0.1) is 10.1 Å². The summed E-state index contributed by atoms with van der Waals surface area (Å²) in [5.41, 5.74) is 0.575. The third kappa shape index (κ3) is 2.79. The molecule has 1 rings (SSSR count). The highest BCUT2D eigenvalue weighted by Crippen LogP contribution is 2.36. The average molecular weight is 353 g/mol. The van der Waals surface area contributed by atoms with E-state index >= 15 is 0 Å². The standard InChI is InChI=1S/C9H7Br2NO4/c1-16-9(13)5-2-3-7(12(14)15)6(4-5)8(10)11/h2-4,8H,1H3. The van der Waals surface area contributed by atoms with Gasteiger partial charge in [-0.05, 0) is 12.1 Å². The molecule has 0 spiro atoms. The summed E-state index contributed by atoms with van der Waals surface area (Å²) in [6, 6.07) is 4.05. The molecule has 0 atom stereocenters. The van der Waals surface area contributed by atoms with Crippen LogP contribution < -0.4 is 0 Å². The third-order valence-corrected chi connectivity index (χ3v) is 2.87. The van der Waals surface area contributed by atoms with E-state index in [9.17, 15) is 14.9 Å². The van der Waals surface area contributed by atoms with Crippen LogP contribution in [0.4, 0.5) is 5.69 Å². The number of rotatable bonds is 3. The SMILES string of the molecule is COC(=O)c1ccc([N+](=O)[O-])c(C(Br)Br)c1. The predicted molar refractivity (Wildman–Crippen MR) is 65.0 cm³/mol. The molecule has 0 bridgehead atoms. The Hall–Kier alpha value is -0.950. The van der Waals surface area contributed by atoms with Gasteiger partial charge in [0, 0.05) is 6.07 Å². The number of benzene rings is 1. The van der Waals surface area contributed by atoms with Gasteiger partial charge in [-0.15, -0.1) is 0 Å². The smallest absolute Gasteiger partial charge is 0.337 e. The molecule has 0 aromatic heterocycles. The number of esters is 1. The molecular weight excluding hydrogens is 346 g/mol. The van der Waals surface area contributed by atoms with Gasteiger partial charge in [-0.3, -0.25) is 10.1 Å². The Bertz CT molecular complexity index is 434. The van der Waals surface area contributed by atoms with Gasteiger partial charge in [0.25, 0.3) is 5.69 Å². The van der Waals surface area contributed by atoms with E-state index < -0.39 is 14.6 Å². The first-order chi connectivity index (χ1) is 7.47. The number of ether oxygens (including phenoxy) is 1. The molecule has 0 fully saturated rings. The molecule has 86 valence electrons. The lowest BCUT2D eigenvalue weighted by Gasteiger charge is -2.06. The van der Waals surface area contributed by atoms with Crippen LogP contribution in [0.25, 0.3) is 0 Å². The number of nitro groups is 1. The van der Waals surface area contributed by atoms with Gasteiger partial charge in [0.05, 0.1) is 23.2 Å². The van der Waals surface area contributed by atoms with Crippen molar-refractivity contribution in [3.63, 3.8) is 0 Å². The number of methoxy groups -OCH3 is 1. The maximum absolute atomic E-state index is 11.2. The highest BCUT2D eigenvalue weighted by molar-refractivity contribution is 9.24. The number of alkyl halides is 2. The molecule has 0 saturated heterocycles. The van der Waals surface area contributed by atoms with E-state index in [0.717, 1.165) is 0 Å². The van der Waals surface area contributed by atoms with Crippen LogP contribution in [0.1, 0.15) is 19.7 Å². The number of carbonyl (C=O) groups excluding carboxylic acids is 1. The van der Waals surface area contributed by atoms with E-state index in [-0.39, 0.29) is 11.3 Å². The molecule has 0 unspecified atom stereocenters. The lowest BCUT2D eigenvalue weighted by Crippen LogP contribution is -2.03. The Morgan fingerprint density at radius 2 is 2.12 bits per heavy atom. The summed E-state index contributed by atoms with van der Waals surface area (Å²) in [5, 5.41) is 10.7. The fourth-order valence-electron chi connectivity index (χ4n) is 1.14. The van der Waals surface area contributed by atoms with Crippen LogP contribution in [-0.4, -0.2) is 18.0 Å². The van der Waals surface area contributed by atoms with Gasteiger partial charge in [-0.1, -0.05) is 31.9 Å². The van der Waals surface area contributed by atoms with Crippen LogP contribution in [-0.2, 0) is 4.74 Å². The van der Waals surface area contributed by atoms with Crippen molar-refractivity contribution in [2.24, 2.45) is 0 Å². The summed E-state index contributed by atoms with van der Waals surface area (Å²) in [6.07, 6.45) is 0. The molecule has 0 aliphatic heterocycles. The molecule has 0 amide bonds. The van der Waals surface area contributed by atoms with Crippen LogP contribution in [0.15, 0.2) is 18.2 Å². The second-order valence-corrected chi connectivity index (χ2v) is 5.88. The third-order valence-electron chi connectivity index (χ3n) is 1.88. The normalized spacial score (nSPS) is 10.2. The van der Waals surface area contributed by atoms with Crippen molar-refractivity contribution in [1.82, 2.24) is 0 Å². The average Bonchev–Trinajstić information content (AvgIpc) is 2.26. The Balaban J connectivity index is 3.28. The molecule has 7 heteroatoms. The summed E-state index contributed by atoms with van der Waals surface area (Å²) in [5.74, 6) is -0.531. The summed E-state index contributed by atoms with van der Waals surface area (Å²) in [6.45, 7) is 0. The summed E-state index contributed by atoms with van der Waals surface area (Å²) in [7, 11) is 1.25. The fraction of sp³-hybridized carbons (Fsp3) is 0.222. The first kappa shape index (κ1) is 13.1. The number of nitrogens with zero attached hydrogens (tertiary/aromatic N) is 1. The lowest BCUT2D eigenvalue weighted by atomic mass is 10.1. The molecule has 1 aromatic carbocycles. The van der Waals surface area contributed by atoms with E-state index in [0.29, 0.717) is 5.56 Å². The second-order valence-electron chi connectivity index (χ2n) is 2.82. The second kappa shape index (κ2) is 5.40. The summed E-state index contributed by atoms with van der Waals surface area (Å²) < 4.78 is 4.13. The Labute approximate surface area is 108 Å². The van der Waals surface area contributed by atoms with Crippen LogP contribution in [0.3, 0.4) is 0 Å². The minimum atomic E-state index is -0.531. The van der Waals surface area contributed by atoms with E-state index in [1.54, 1.807) is 0 Å². The number of carbonyl (C=O) groups is 1. The highest BCUT2D eigenvalue weighted by Gasteiger charge is 2.20. The van der Waals surface area contributed by atoms with Crippen molar-refractivity contribution in [2.75, 3.05) is 7.11 Å². The topological polar surface area (TPSA) is 69.4 Å². The summed E-state index contributed by atoms with van der Waals surface area (Å²) >= 11 is 6.33. The number of nitro benzene ring substituents is 1. The number of halogens is 2. The van der Waals surface area contributed by atoms with Crippen molar-refractivity contribution in [2.45, 2.75) is 3.74 Å². The van der Waals surface area contributed by atoms with Crippen LogP contribution >= 0.6 is 31.9 Å². The molecule has 5 nitrogen and oxygen atoms in total. The Morgan fingerprint density at radius 1 is 1.50 bits per heavy atom. The van der Waals surface area contributed by atoms with E-state index in [2.05, 4.69) is 36.6 Å². The minimum absolute atomic E-state index is 0.0635. The quantitative estimate of drug-likeness (QED) is 0.362. The van der Waals surface area contributed by atoms with E-state index in [1.807, 2.05) is 0 Å². The van der Waals surface area contributed by atoms with Gasteiger partial charge in [-0.2, -0.15) is 0 Å². The van der Waals surface area contributed by atoms with Gasteiger partial charge >= 0.3 is 5.97 Å². The number of hydrogen-bond donors (Lipinski definition) is 0. The molecule has 0 saturated carbocycles. The van der Waals surface area contributed by atoms with E-state index in [4.69, 9.17) is 0 Å².